The first-order chi connectivity index (χ1) is 14.6. The first-order valence-corrected chi connectivity index (χ1v) is 9.88. The molecular formula is C23H25F3N4O. The van der Waals surface area contributed by atoms with E-state index in [1.54, 1.807) is 36.4 Å². The smallest absolute Gasteiger partial charge is 0.421 e. The molecule has 0 fully saturated rings. The number of nitrogens with one attached hydrogen (secondary N) is 2. The molecule has 2 N–H and O–H groups in total. The molecule has 0 aliphatic carbocycles. The maximum atomic E-state index is 13.6. The van der Waals surface area contributed by atoms with Gasteiger partial charge >= 0.3 is 6.18 Å². The Hall–Kier alpha value is -3.29. The van der Waals surface area contributed by atoms with Gasteiger partial charge in [0.05, 0.1) is 6.61 Å². The summed E-state index contributed by atoms with van der Waals surface area (Å²) in [6.45, 7) is 8.42. The Labute approximate surface area is 179 Å². The molecule has 0 atom stereocenters. The molecule has 5 nitrogen and oxygen atoms in total. The van der Waals surface area contributed by atoms with Crippen LogP contribution in [0.2, 0.25) is 0 Å². The van der Waals surface area contributed by atoms with Gasteiger partial charge in [-0.25, -0.2) is 4.98 Å². The second kappa shape index (κ2) is 8.83. The Morgan fingerprint density at radius 2 is 1.58 bits per heavy atom. The van der Waals surface area contributed by atoms with Gasteiger partial charge in [0.25, 0.3) is 0 Å². The standard InChI is InChI=1S/C23H25F3N4O/c1-5-31-16-12-10-15(11-13-16)28-21-27-14-18(23(24,25)26)20(30-21)29-19-9-7-6-8-17(19)22(2,3)4/h6-14H,5H2,1-4H3,(H2,27,28,29,30). The Balaban J connectivity index is 1.95. The zero-order valence-corrected chi connectivity index (χ0v) is 17.8. The highest BCUT2D eigenvalue weighted by Crippen LogP contribution is 2.37. The molecule has 2 aromatic carbocycles. The number of benzene rings is 2. The van der Waals surface area contributed by atoms with E-state index in [9.17, 15) is 13.2 Å². The van der Waals surface area contributed by atoms with E-state index in [4.69, 9.17) is 4.74 Å². The molecule has 3 aromatic rings. The highest BCUT2D eigenvalue weighted by Gasteiger charge is 2.35. The van der Waals surface area contributed by atoms with Crippen molar-refractivity contribution in [1.29, 1.82) is 0 Å². The van der Waals surface area contributed by atoms with Crippen LogP contribution in [0.3, 0.4) is 0 Å². The van der Waals surface area contributed by atoms with Crippen molar-refractivity contribution in [3.8, 4) is 5.75 Å². The van der Waals surface area contributed by atoms with Gasteiger partial charge in [-0.05, 0) is 48.2 Å². The van der Waals surface area contributed by atoms with Crippen molar-refractivity contribution in [2.75, 3.05) is 17.2 Å². The summed E-state index contributed by atoms with van der Waals surface area (Å²) in [5.74, 6) is 0.433. The molecule has 31 heavy (non-hydrogen) atoms. The van der Waals surface area contributed by atoms with Gasteiger partial charge in [0, 0.05) is 17.6 Å². The van der Waals surface area contributed by atoms with Gasteiger partial charge in [0.1, 0.15) is 17.1 Å². The highest BCUT2D eigenvalue weighted by molar-refractivity contribution is 5.66. The summed E-state index contributed by atoms with van der Waals surface area (Å²) in [6, 6.07) is 14.3. The molecule has 3 rings (SSSR count). The molecule has 8 heteroatoms. The second-order valence-corrected chi connectivity index (χ2v) is 7.96. The zero-order valence-electron chi connectivity index (χ0n) is 17.8. The molecule has 0 aliphatic heterocycles. The minimum atomic E-state index is -4.60. The number of hydrogen-bond acceptors (Lipinski definition) is 5. The SMILES string of the molecule is CCOc1ccc(Nc2ncc(C(F)(F)F)c(Nc3ccccc3C(C)(C)C)n2)cc1. The second-order valence-electron chi connectivity index (χ2n) is 7.96. The van der Waals surface area contributed by atoms with Crippen LogP contribution in [0.15, 0.2) is 54.7 Å². The molecule has 0 spiro atoms. The number of halogens is 3. The molecule has 0 radical (unpaired) electrons. The molecule has 0 saturated heterocycles. The monoisotopic (exact) mass is 430 g/mol. The van der Waals surface area contributed by atoms with Crippen LogP contribution in [-0.2, 0) is 11.6 Å². The van der Waals surface area contributed by atoms with E-state index in [-0.39, 0.29) is 17.2 Å². The minimum absolute atomic E-state index is 0.0490. The number of alkyl halides is 3. The zero-order chi connectivity index (χ0) is 22.6. The number of nitrogens with zero attached hydrogens (tertiary/aromatic N) is 2. The summed E-state index contributed by atoms with van der Waals surface area (Å²) in [7, 11) is 0. The molecule has 1 aromatic heterocycles. The minimum Gasteiger partial charge on any atom is -0.494 e. The van der Waals surface area contributed by atoms with Crippen LogP contribution in [0.25, 0.3) is 0 Å². The van der Waals surface area contributed by atoms with E-state index in [0.717, 1.165) is 11.8 Å². The quantitative estimate of drug-likeness (QED) is 0.457. The van der Waals surface area contributed by atoms with Gasteiger partial charge in [-0.15, -0.1) is 0 Å². The molecule has 0 bridgehead atoms. The predicted molar refractivity (Wildman–Crippen MR) is 116 cm³/mol. The first-order valence-electron chi connectivity index (χ1n) is 9.88. The van der Waals surface area contributed by atoms with Crippen LogP contribution in [0.5, 0.6) is 5.75 Å². The van der Waals surface area contributed by atoms with Crippen molar-refractivity contribution >= 4 is 23.1 Å². The van der Waals surface area contributed by atoms with Gasteiger partial charge < -0.3 is 15.4 Å². The molecule has 0 saturated carbocycles. The summed E-state index contributed by atoms with van der Waals surface area (Å²) in [5.41, 5.74) is 0.866. The Morgan fingerprint density at radius 1 is 0.903 bits per heavy atom. The van der Waals surface area contributed by atoms with Crippen molar-refractivity contribution in [1.82, 2.24) is 9.97 Å². The van der Waals surface area contributed by atoms with Crippen LogP contribution in [-0.4, -0.2) is 16.6 Å². The van der Waals surface area contributed by atoms with Crippen molar-refractivity contribution in [3.05, 3.63) is 65.9 Å². The Bertz CT molecular complexity index is 1030. The number of aromatic nitrogens is 2. The van der Waals surface area contributed by atoms with Crippen LogP contribution in [0, 0.1) is 0 Å². The van der Waals surface area contributed by atoms with Crippen molar-refractivity contribution < 1.29 is 17.9 Å². The summed E-state index contributed by atoms with van der Waals surface area (Å²) < 4.78 is 46.2. The lowest BCUT2D eigenvalue weighted by Crippen LogP contribution is -2.16. The van der Waals surface area contributed by atoms with E-state index in [1.165, 1.54) is 0 Å². The number of ether oxygens (including phenoxy) is 1. The fourth-order valence-corrected chi connectivity index (χ4v) is 3.05. The Morgan fingerprint density at radius 3 is 2.19 bits per heavy atom. The number of para-hydroxylation sites is 1. The summed E-state index contributed by atoms with van der Waals surface area (Å²) in [4.78, 5) is 7.99. The van der Waals surface area contributed by atoms with Gasteiger partial charge in [0.15, 0.2) is 0 Å². The van der Waals surface area contributed by atoms with Gasteiger partial charge in [-0.2, -0.15) is 18.2 Å². The molecule has 164 valence electrons. The largest absolute Gasteiger partial charge is 0.494 e. The fraction of sp³-hybridized carbons (Fsp3) is 0.304. The van der Waals surface area contributed by atoms with Crippen LogP contribution < -0.4 is 15.4 Å². The molecular weight excluding hydrogens is 405 g/mol. The van der Waals surface area contributed by atoms with Gasteiger partial charge in [-0.1, -0.05) is 39.0 Å². The van der Waals surface area contributed by atoms with Crippen molar-refractivity contribution in [2.45, 2.75) is 39.3 Å². The van der Waals surface area contributed by atoms with Crippen molar-refractivity contribution in [3.63, 3.8) is 0 Å². The van der Waals surface area contributed by atoms with E-state index in [2.05, 4.69) is 20.6 Å². The molecule has 0 amide bonds. The summed E-state index contributed by atoms with van der Waals surface area (Å²) in [6.07, 6.45) is -3.82. The van der Waals surface area contributed by atoms with Gasteiger partial charge in [-0.3, -0.25) is 0 Å². The molecule has 1 heterocycles. The topological polar surface area (TPSA) is 59.1 Å². The lowest BCUT2D eigenvalue weighted by molar-refractivity contribution is -0.137. The third kappa shape index (κ3) is 5.65. The average Bonchev–Trinajstić information content (AvgIpc) is 2.69. The lowest BCUT2D eigenvalue weighted by Gasteiger charge is -2.24. The third-order valence-corrected chi connectivity index (χ3v) is 4.50. The first kappa shape index (κ1) is 22.4. The predicted octanol–water partition coefficient (Wildman–Crippen LogP) is 6.68. The van der Waals surface area contributed by atoms with Crippen LogP contribution >= 0.6 is 0 Å². The fourth-order valence-electron chi connectivity index (χ4n) is 3.05. The van der Waals surface area contributed by atoms with E-state index in [0.29, 0.717) is 23.7 Å². The van der Waals surface area contributed by atoms with Crippen molar-refractivity contribution in [2.24, 2.45) is 0 Å². The third-order valence-electron chi connectivity index (χ3n) is 4.50. The summed E-state index contributed by atoms with van der Waals surface area (Å²) in [5, 5.41) is 5.81. The maximum Gasteiger partial charge on any atom is 0.421 e. The van der Waals surface area contributed by atoms with Gasteiger partial charge in [0.2, 0.25) is 5.95 Å². The van der Waals surface area contributed by atoms with E-state index >= 15 is 0 Å². The normalized spacial score (nSPS) is 11.8. The number of hydrogen-bond donors (Lipinski definition) is 2. The van der Waals surface area contributed by atoms with Crippen LogP contribution in [0.1, 0.15) is 38.8 Å². The molecule has 0 unspecified atom stereocenters. The summed E-state index contributed by atoms with van der Waals surface area (Å²) >= 11 is 0. The molecule has 0 aliphatic rings. The Kier molecular flexibility index (Phi) is 6.38. The van der Waals surface area contributed by atoms with E-state index in [1.807, 2.05) is 39.8 Å². The number of anilines is 4. The maximum absolute atomic E-state index is 13.6. The lowest BCUT2D eigenvalue weighted by atomic mass is 9.86. The average molecular weight is 430 g/mol. The van der Waals surface area contributed by atoms with Crippen LogP contribution in [0.4, 0.5) is 36.3 Å². The number of rotatable bonds is 6. The van der Waals surface area contributed by atoms with E-state index < -0.39 is 11.7 Å². The highest BCUT2D eigenvalue weighted by atomic mass is 19.4.